The van der Waals surface area contributed by atoms with Crippen molar-refractivity contribution in [2.45, 2.75) is 33.6 Å². The predicted octanol–water partition coefficient (Wildman–Crippen LogP) is 2.80. The summed E-state index contributed by atoms with van der Waals surface area (Å²) in [4.78, 5) is 13.7. The molecule has 1 aromatic rings. The van der Waals surface area contributed by atoms with Gasteiger partial charge in [-0.15, -0.1) is 0 Å². The molecule has 1 aromatic carbocycles. The van der Waals surface area contributed by atoms with Gasteiger partial charge in [0.2, 0.25) is 5.91 Å². The van der Waals surface area contributed by atoms with Crippen molar-refractivity contribution in [3.05, 3.63) is 35.4 Å². The van der Waals surface area contributed by atoms with Gasteiger partial charge in [-0.1, -0.05) is 31.2 Å². The van der Waals surface area contributed by atoms with E-state index in [1.165, 1.54) is 11.1 Å². The van der Waals surface area contributed by atoms with Crippen molar-refractivity contribution in [2.24, 2.45) is 5.41 Å². The third-order valence-corrected chi connectivity index (χ3v) is 3.33. The van der Waals surface area contributed by atoms with Gasteiger partial charge in [0, 0.05) is 13.6 Å². The molecule has 0 unspecified atom stereocenters. The van der Waals surface area contributed by atoms with Crippen molar-refractivity contribution < 1.29 is 4.79 Å². The Labute approximate surface area is 115 Å². The lowest BCUT2D eigenvalue weighted by molar-refractivity contribution is -0.136. The average molecular weight is 258 g/mol. The third kappa shape index (κ3) is 4.10. The summed E-state index contributed by atoms with van der Waals surface area (Å²) in [5.41, 5.74) is 1.59. The summed E-state index contributed by atoms with van der Waals surface area (Å²) in [6.07, 6.45) is 1.85. The van der Waals surface area contributed by atoms with E-state index in [1.54, 1.807) is 25.8 Å². The number of hydrogen-bond acceptors (Lipinski definition) is 2. The summed E-state index contributed by atoms with van der Waals surface area (Å²) in [5, 5.41) is 8.96. The largest absolute Gasteiger partial charge is 0.344 e. The molecule has 0 fully saturated rings. The fourth-order valence-corrected chi connectivity index (χ4v) is 1.86. The first-order chi connectivity index (χ1) is 8.90. The normalized spacial score (nSPS) is 10.9. The zero-order valence-electron chi connectivity index (χ0n) is 12.2. The molecule has 0 atom stereocenters. The molecule has 0 aliphatic carbocycles. The van der Waals surface area contributed by atoms with Crippen molar-refractivity contribution in [2.75, 3.05) is 13.6 Å². The molecule has 0 heterocycles. The van der Waals surface area contributed by atoms with Crippen LogP contribution in [0.5, 0.6) is 0 Å². The Morgan fingerprint density at radius 2 is 1.79 bits per heavy atom. The minimum absolute atomic E-state index is 0.125. The number of amides is 1. The summed E-state index contributed by atoms with van der Waals surface area (Å²) in [5.74, 6) is -0.125. The standard InChI is InChI=1S/C16H22N2O/c1-5-13-6-8-14(9-7-13)10-11-18(4)15(19)16(2,3)12-17/h6-9H,5,10-11H2,1-4H3. The summed E-state index contributed by atoms with van der Waals surface area (Å²) >= 11 is 0. The Morgan fingerprint density at radius 3 is 2.26 bits per heavy atom. The lowest BCUT2D eigenvalue weighted by atomic mass is 9.94. The third-order valence-electron chi connectivity index (χ3n) is 3.33. The van der Waals surface area contributed by atoms with Gasteiger partial charge in [0.25, 0.3) is 0 Å². The van der Waals surface area contributed by atoms with E-state index in [9.17, 15) is 4.79 Å². The minimum Gasteiger partial charge on any atom is -0.344 e. The maximum absolute atomic E-state index is 12.0. The van der Waals surface area contributed by atoms with Gasteiger partial charge in [0.15, 0.2) is 0 Å². The van der Waals surface area contributed by atoms with Crippen LogP contribution in [0.4, 0.5) is 0 Å². The number of carbonyl (C=O) groups excluding carboxylic acids is 1. The molecule has 3 heteroatoms. The number of hydrogen-bond donors (Lipinski definition) is 0. The molecule has 0 aliphatic heterocycles. The number of nitrogens with zero attached hydrogens (tertiary/aromatic N) is 2. The SMILES string of the molecule is CCc1ccc(CCN(C)C(=O)C(C)(C)C#N)cc1. The van der Waals surface area contributed by atoms with E-state index in [0.29, 0.717) is 6.54 Å². The summed E-state index contributed by atoms with van der Waals surface area (Å²) in [6, 6.07) is 10.5. The average Bonchev–Trinajstić information content (AvgIpc) is 2.44. The number of benzene rings is 1. The van der Waals surface area contributed by atoms with Crippen LogP contribution in [0.3, 0.4) is 0 Å². The van der Waals surface area contributed by atoms with Gasteiger partial charge in [-0.25, -0.2) is 0 Å². The Bertz CT molecular complexity index is 469. The molecule has 0 saturated carbocycles. The summed E-state index contributed by atoms with van der Waals surface area (Å²) < 4.78 is 0. The molecule has 102 valence electrons. The smallest absolute Gasteiger partial charge is 0.242 e. The highest BCUT2D eigenvalue weighted by Gasteiger charge is 2.29. The summed E-state index contributed by atoms with van der Waals surface area (Å²) in [6.45, 7) is 6.07. The number of likely N-dealkylation sites (N-methyl/N-ethyl adjacent to an activating group) is 1. The van der Waals surface area contributed by atoms with Gasteiger partial charge in [-0.2, -0.15) is 5.26 Å². The molecular weight excluding hydrogens is 236 g/mol. The van der Waals surface area contributed by atoms with E-state index >= 15 is 0 Å². The monoisotopic (exact) mass is 258 g/mol. The highest BCUT2D eigenvalue weighted by molar-refractivity contribution is 5.84. The Morgan fingerprint density at radius 1 is 1.26 bits per heavy atom. The first kappa shape index (κ1) is 15.2. The Balaban J connectivity index is 2.57. The van der Waals surface area contributed by atoms with Gasteiger partial charge in [0.05, 0.1) is 6.07 Å². The van der Waals surface area contributed by atoms with Crippen molar-refractivity contribution in [1.82, 2.24) is 4.90 Å². The number of carbonyl (C=O) groups is 1. The van der Waals surface area contributed by atoms with Crippen LogP contribution >= 0.6 is 0 Å². The lowest BCUT2D eigenvalue weighted by Gasteiger charge is -2.24. The number of nitriles is 1. The van der Waals surface area contributed by atoms with E-state index in [1.807, 2.05) is 6.07 Å². The van der Waals surface area contributed by atoms with Crippen LogP contribution in [0.15, 0.2) is 24.3 Å². The van der Waals surface area contributed by atoms with Gasteiger partial charge in [0.1, 0.15) is 5.41 Å². The van der Waals surface area contributed by atoms with E-state index in [2.05, 4.69) is 31.2 Å². The second-order valence-electron chi connectivity index (χ2n) is 5.38. The van der Waals surface area contributed by atoms with Crippen LogP contribution < -0.4 is 0 Å². The van der Waals surface area contributed by atoms with Crippen LogP contribution in [0.2, 0.25) is 0 Å². The topological polar surface area (TPSA) is 44.1 Å². The lowest BCUT2D eigenvalue weighted by Crippen LogP contribution is -2.38. The molecule has 3 nitrogen and oxygen atoms in total. The molecule has 0 aromatic heterocycles. The van der Waals surface area contributed by atoms with E-state index in [4.69, 9.17) is 5.26 Å². The molecule has 0 N–H and O–H groups in total. The summed E-state index contributed by atoms with van der Waals surface area (Å²) in [7, 11) is 1.75. The van der Waals surface area contributed by atoms with Gasteiger partial charge >= 0.3 is 0 Å². The van der Waals surface area contributed by atoms with E-state index in [0.717, 1.165) is 12.8 Å². The van der Waals surface area contributed by atoms with Crippen LogP contribution in [0.25, 0.3) is 0 Å². The molecule has 0 spiro atoms. The molecule has 0 saturated heterocycles. The van der Waals surface area contributed by atoms with Crippen molar-refractivity contribution >= 4 is 5.91 Å². The zero-order valence-corrected chi connectivity index (χ0v) is 12.2. The molecular formula is C16H22N2O. The molecule has 0 bridgehead atoms. The van der Waals surface area contributed by atoms with Crippen LogP contribution in [0, 0.1) is 16.7 Å². The van der Waals surface area contributed by atoms with Crippen molar-refractivity contribution in [3.8, 4) is 6.07 Å². The first-order valence-electron chi connectivity index (χ1n) is 6.65. The van der Waals surface area contributed by atoms with Gasteiger partial charge in [-0.05, 0) is 37.8 Å². The molecule has 1 amide bonds. The van der Waals surface area contributed by atoms with Crippen LogP contribution in [0.1, 0.15) is 31.9 Å². The van der Waals surface area contributed by atoms with Crippen LogP contribution in [-0.4, -0.2) is 24.4 Å². The van der Waals surface area contributed by atoms with E-state index < -0.39 is 5.41 Å². The fourth-order valence-electron chi connectivity index (χ4n) is 1.86. The van der Waals surface area contributed by atoms with Crippen molar-refractivity contribution in [1.29, 1.82) is 5.26 Å². The fraction of sp³-hybridized carbons (Fsp3) is 0.500. The molecule has 1 rings (SSSR count). The molecule has 0 aliphatic rings. The van der Waals surface area contributed by atoms with Gasteiger partial charge in [-0.3, -0.25) is 4.79 Å². The van der Waals surface area contributed by atoms with Crippen LogP contribution in [-0.2, 0) is 17.6 Å². The highest BCUT2D eigenvalue weighted by atomic mass is 16.2. The second kappa shape index (κ2) is 6.38. The zero-order chi connectivity index (χ0) is 14.5. The maximum atomic E-state index is 12.0. The van der Waals surface area contributed by atoms with Gasteiger partial charge < -0.3 is 4.90 Å². The first-order valence-corrected chi connectivity index (χ1v) is 6.65. The molecule has 19 heavy (non-hydrogen) atoms. The maximum Gasteiger partial charge on any atom is 0.242 e. The number of aryl methyl sites for hydroxylation is 1. The van der Waals surface area contributed by atoms with Crippen molar-refractivity contribution in [3.63, 3.8) is 0 Å². The Kier molecular flexibility index (Phi) is 5.11. The predicted molar refractivity (Wildman–Crippen MR) is 76.6 cm³/mol. The molecule has 0 radical (unpaired) electrons. The van der Waals surface area contributed by atoms with E-state index in [-0.39, 0.29) is 5.91 Å². The number of rotatable bonds is 5. The quantitative estimate of drug-likeness (QED) is 0.815. The second-order valence-corrected chi connectivity index (χ2v) is 5.38. The highest BCUT2D eigenvalue weighted by Crippen LogP contribution is 2.16. The minimum atomic E-state index is -0.944. The Hall–Kier alpha value is -1.82.